The van der Waals surface area contributed by atoms with Gasteiger partial charge in [-0.3, -0.25) is 9.69 Å². The molecule has 2 amide bonds. The monoisotopic (exact) mass is 464 g/mol. The molecule has 2 aromatic carbocycles. The molecule has 2 aromatic rings. The maximum absolute atomic E-state index is 12.7. The second-order valence-electron chi connectivity index (χ2n) is 8.93. The third-order valence-electron chi connectivity index (χ3n) is 6.52. The molecule has 180 valence electrons. The van der Waals surface area contributed by atoms with Gasteiger partial charge in [-0.05, 0) is 61.1 Å². The van der Waals surface area contributed by atoms with Crippen LogP contribution in [-0.2, 0) is 28.9 Å². The summed E-state index contributed by atoms with van der Waals surface area (Å²) in [7, 11) is 3.18. The summed E-state index contributed by atoms with van der Waals surface area (Å²) >= 11 is 0. The van der Waals surface area contributed by atoms with E-state index in [1.807, 2.05) is 18.2 Å². The van der Waals surface area contributed by atoms with Crippen LogP contribution in [0.15, 0.2) is 48.6 Å². The van der Waals surface area contributed by atoms with Crippen LogP contribution >= 0.6 is 0 Å². The highest BCUT2D eigenvalue weighted by molar-refractivity contribution is 5.90. The molecule has 1 heterocycles. The van der Waals surface area contributed by atoms with Crippen molar-refractivity contribution in [2.24, 2.45) is 0 Å². The number of carbonyl (C=O) groups excluding carboxylic acids is 2. The van der Waals surface area contributed by atoms with Gasteiger partial charge < -0.3 is 19.1 Å². The topological polar surface area (TPSA) is 68.3 Å². The first-order valence-corrected chi connectivity index (χ1v) is 11.6. The minimum absolute atomic E-state index is 0.0994. The number of fused-ring (bicyclic) bond motifs is 1. The van der Waals surface area contributed by atoms with Gasteiger partial charge in [-0.15, -0.1) is 0 Å². The molecule has 1 aliphatic heterocycles. The average Bonchev–Trinajstić information content (AvgIpc) is 3.08. The Morgan fingerprint density at radius 2 is 1.97 bits per heavy atom. The number of nitrogens with zero attached hydrogens (tertiary/aromatic N) is 2. The molecule has 0 aromatic heterocycles. The number of rotatable bonds is 7. The van der Waals surface area contributed by atoms with Crippen LogP contribution in [-0.4, -0.2) is 50.3 Å². The number of anilines is 1. The Bertz CT molecular complexity index is 1100. The van der Waals surface area contributed by atoms with Crippen molar-refractivity contribution >= 4 is 17.7 Å². The number of benzene rings is 2. The van der Waals surface area contributed by atoms with Crippen molar-refractivity contribution in [3.05, 3.63) is 65.2 Å². The molecule has 0 bridgehead atoms. The lowest BCUT2D eigenvalue weighted by Crippen LogP contribution is -2.37. The highest BCUT2D eigenvalue weighted by Gasteiger charge is 2.34. The van der Waals surface area contributed by atoms with Crippen LogP contribution < -0.4 is 14.4 Å². The van der Waals surface area contributed by atoms with Crippen LogP contribution in [0.2, 0.25) is 0 Å². The van der Waals surface area contributed by atoms with E-state index in [1.165, 1.54) is 23.6 Å². The molecule has 7 nitrogen and oxygen atoms in total. The van der Waals surface area contributed by atoms with Crippen molar-refractivity contribution in [2.45, 2.75) is 45.3 Å². The Labute approximate surface area is 200 Å². The number of ether oxygens (including phenoxy) is 3. The Morgan fingerprint density at radius 1 is 1.15 bits per heavy atom. The molecule has 0 spiro atoms. The molecule has 1 saturated heterocycles. The van der Waals surface area contributed by atoms with Crippen molar-refractivity contribution in [3.8, 4) is 11.5 Å². The van der Waals surface area contributed by atoms with Gasteiger partial charge >= 0.3 is 6.09 Å². The van der Waals surface area contributed by atoms with Crippen LogP contribution in [0.3, 0.4) is 0 Å². The Morgan fingerprint density at radius 3 is 2.71 bits per heavy atom. The second-order valence-corrected chi connectivity index (χ2v) is 8.93. The molecule has 34 heavy (non-hydrogen) atoms. The summed E-state index contributed by atoms with van der Waals surface area (Å²) in [5.41, 5.74) is 5.50. The third kappa shape index (κ3) is 5.19. The SMILES string of the molecule is C=C1CCCc2cc(N3C[C@H](CN(Cc4ccc(OC)cc4OC)C(C)=O)OC3=O)ccc2C1. The van der Waals surface area contributed by atoms with E-state index in [9.17, 15) is 9.59 Å². The maximum Gasteiger partial charge on any atom is 0.414 e. The van der Waals surface area contributed by atoms with Crippen LogP contribution in [0.25, 0.3) is 0 Å². The number of amides is 2. The Balaban J connectivity index is 1.46. The fourth-order valence-electron chi connectivity index (χ4n) is 4.64. The number of aryl methyl sites for hydroxylation is 1. The fourth-order valence-corrected chi connectivity index (χ4v) is 4.64. The van der Waals surface area contributed by atoms with Gasteiger partial charge in [0.1, 0.15) is 17.6 Å². The van der Waals surface area contributed by atoms with Gasteiger partial charge in [0, 0.05) is 30.8 Å². The van der Waals surface area contributed by atoms with Crippen molar-refractivity contribution in [1.82, 2.24) is 4.90 Å². The molecular weight excluding hydrogens is 432 g/mol. The van der Waals surface area contributed by atoms with E-state index in [-0.39, 0.29) is 12.0 Å². The van der Waals surface area contributed by atoms with Gasteiger partial charge in [0.2, 0.25) is 5.91 Å². The van der Waals surface area contributed by atoms with Gasteiger partial charge in [-0.25, -0.2) is 4.79 Å². The average molecular weight is 465 g/mol. The predicted octanol–water partition coefficient (Wildman–Crippen LogP) is 4.51. The number of hydrogen-bond acceptors (Lipinski definition) is 5. The molecule has 2 aliphatic rings. The summed E-state index contributed by atoms with van der Waals surface area (Å²) in [6.45, 7) is 6.72. The van der Waals surface area contributed by atoms with E-state index in [0.29, 0.717) is 31.1 Å². The molecular formula is C27H32N2O5. The van der Waals surface area contributed by atoms with Gasteiger partial charge in [0.15, 0.2) is 0 Å². The molecule has 4 rings (SSSR count). The number of cyclic esters (lactones) is 1. The van der Waals surface area contributed by atoms with Crippen molar-refractivity contribution in [1.29, 1.82) is 0 Å². The number of carbonyl (C=O) groups is 2. The van der Waals surface area contributed by atoms with Crippen molar-refractivity contribution in [3.63, 3.8) is 0 Å². The lowest BCUT2D eigenvalue weighted by atomic mass is 10.0. The van der Waals surface area contributed by atoms with Crippen LogP contribution in [0, 0.1) is 0 Å². The van der Waals surface area contributed by atoms with Gasteiger partial charge in [-0.1, -0.05) is 18.2 Å². The molecule has 0 unspecified atom stereocenters. The summed E-state index contributed by atoms with van der Waals surface area (Å²) in [5, 5.41) is 0. The number of hydrogen-bond donors (Lipinski definition) is 0. The van der Waals surface area contributed by atoms with E-state index in [1.54, 1.807) is 30.1 Å². The van der Waals surface area contributed by atoms with E-state index in [0.717, 1.165) is 36.9 Å². The minimum Gasteiger partial charge on any atom is -0.497 e. The predicted molar refractivity (Wildman–Crippen MR) is 130 cm³/mol. The molecule has 0 N–H and O–H groups in total. The molecule has 0 radical (unpaired) electrons. The quantitative estimate of drug-likeness (QED) is 0.445. The largest absolute Gasteiger partial charge is 0.497 e. The summed E-state index contributed by atoms with van der Waals surface area (Å²) in [6.07, 6.45) is 3.19. The summed E-state index contributed by atoms with van der Waals surface area (Å²) in [6, 6.07) is 11.7. The first-order chi connectivity index (χ1) is 16.4. The zero-order valence-corrected chi connectivity index (χ0v) is 20.1. The van der Waals surface area contributed by atoms with E-state index in [2.05, 4.69) is 18.7 Å². The third-order valence-corrected chi connectivity index (χ3v) is 6.52. The van der Waals surface area contributed by atoms with Crippen LogP contribution in [0.1, 0.15) is 36.5 Å². The van der Waals surface area contributed by atoms with Crippen LogP contribution in [0.4, 0.5) is 10.5 Å². The summed E-state index contributed by atoms with van der Waals surface area (Å²) in [4.78, 5) is 28.5. The lowest BCUT2D eigenvalue weighted by molar-refractivity contribution is -0.130. The van der Waals surface area contributed by atoms with Gasteiger partial charge in [0.05, 0.1) is 27.3 Å². The Kier molecular flexibility index (Phi) is 7.10. The van der Waals surface area contributed by atoms with E-state index in [4.69, 9.17) is 14.2 Å². The first-order valence-electron chi connectivity index (χ1n) is 11.6. The van der Waals surface area contributed by atoms with Crippen LogP contribution in [0.5, 0.6) is 11.5 Å². The summed E-state index contributed by atoms with van der Waals surface area (Å²) < 4.78 is 16.4. The molecule has 7 heteroatoms. The first kappa shape index (κ1) is 23.7. The minimum atomic E-state index is -0.417. The second kappa shape index (κ2) is 10.2. The zero-order chi connectivity index (χ0) is 24.2. The van der Waals surface area contributed by atoms with Gasteiger partial charge in [-0.2, -0.15) is 0 Å². The lowest BCUT2D eigenvalue weighted by Gasteiger charge is -2.24. The Hall–Kier alpha value is -3.48. The smallest absolute Gasteiger partial charge is 0.414 e. The molecule has 0 saturated carbocycles. The number of allylic oxidation sites excluding steroid dienone is 1. The van der Waals surface area contributed by atoms with E-state index < -0.39 is 6.10 Å². The highest BCUT2D eigenvalue weighted by Crippen LogP contribution is 2.30. The van der Waals surface area contributed by atoms with E-state index >= 15 is 0 Å². The van der Waals surface area contributed by atoms with Crippen molar-refractivity contribution in [2.75, 3.05) is 32.2 Å². The standard InChI is InChI=1S/C27H32N2O5/c1-18-6-5-7-20-13-23(10-8-21(20)12-18)29-17-25(34-27(29)31)16-28(19(2)30)15-22-9-11-24(32-3)14-26(22)33-4/h8-11,13-14,25H,1,5-7,12,15-17H2,2-4H3/t25-/m0/s1. The van der Waals surface area contributed by atoms with Gasteiger partial charge in [0.25, 0.3) is 0 Å². The summed E-state index contributed by atoms with van der Waals surface area (Å²) in [5.74, 6) is 1.22. The molecule has 1 fully saturated rings. The molecule has 1 atom stereocenters. The normalized spacial score (nSPS) is 17.6. The fraction of sp³-hybridized carbons (Fsp3) is 0.407. The van der Waals surface area contributed by atoms with Crippen molar-refractivity contribution < 1.29 is 23.8 Å². The molecule has 1 aliphatic carbocycles. The maximum atomic E-state index is 12.7. The highest BCUT2D eigenvalue weighted by atomic mass is 16.6. The number of methoxy groups -OCH3 is 2. The zero-order valence-electron chi connectivity index (χ0n) is 20.1.